The molecule has 1 aliphatic heterocycles. The van der Waals surface area contributed by atoms with Gasteiger partial charge in [0.2, 0.25) is 0 Å². The molecular weight excluding hydrogens is 260 g/mol. The molecule has 1 N–H and O–H groups in total. The summed E-state index contributed by atoms with van der Waals surface area (Å²) in [4.78, 5) is 24.4. The van der Waals surface area contributed by atoms with Gasteiger partial charge in [-0.25, -0.2) is 4.79 Å². The Morgan fingerprint density at radius 3 is 2.70 bits per heavy atom. The number of aliphatic carboxylic acids is 1. The maximum atomic E-state index is 12.2. The summed E-state index contributed by atoms with van der Waals surface area (Å²) < 4.78 is 5.23. The van der Waals surface area contributed by atoms with Crippen LogP contribution in [0.5, 0.6) is 0 Å². The van der Waals surface area contributed by atoms with Crippen LogP contribution in [0.4, 0.5) is 5.69 Å². The molecule has 2 atom stereocenters. The highest BCUT2D eigenvalue weighted by atomic mass is 16.5. The van der Waals surface area contributed by atoms with Crippen LogP contribution >= 0.6 is 0 Å². The highest BCUT2D eigenvalue weighted by molar-refractivity contribution is 5.96. The third kappa shape index (κ3) is 2.78. The van der Waals surface area contributed by atoms with Crippen LogP contribution in [0.25, 0.3) is 0 Å². The Hall–Kier alpha value is -2.39. The third-order valence-electron chi connectivity index (χ3n) is 3.26. The van der Waals surface area contributed by atoms with Gasteiger partial charge in [0.05, 0.1) is 11.6 Å². The SMILES string of the molecule is CN(C(=O)[C@@H]1CC[C@H](C(=O)O)O1)c1cccc(C#N)c1. The number of carbonyl (C=O) groups excluding carboxylic acids is 1. The molecule has 1 heterocycles. The van der Waals surface area contributed by atoms with Gasteiger partial charge in [-0.1, -0.05) is 6.07 Å². The number of carboxylic acid groups (broad SMARTS) is 1. The fourth-order valence-electron chi connectivity index (χ4n) is 2.13. The number of nitriles is 1. The van der Waals surface area contributed by atoms with Gasteiger partial charge in [-0.2, -0.15) is 5.26 Å². The lowest BCUT2D eigenvalue weighted by molar-refractivity contribution is -0.151. The molecule has 0 radical (unpaired) electrons. The summed E-state index contributed by atoms with van der Waals surface area (Å²) in [5, 5.41) is 17.7. The van der Waals surface area contributed by atoms with E-state index in [0.29, 0.717) is 24.1 Å². The molecule has 1 aliphatic rings. The van der Waals surface area contributed by atoms with E-state index in [1.54, 1.807) is 31.3 Å². The molecule has 1 amide bonds. The molecule has 0 spiro atoms. The molecule has 0 saturated carbocycles. The van der Waals surface area contributed by atoms with Crippen molar-refractivity contribution in [1.82, 2.24) is 0 Å². The average Bonchev–Trinajstić information content (AvgIpc) is 2.95. The standard InChI is InChI=1S/C14H14N2O4/c1-16(10-4-2-3-9(7-10)8-15)13(17)11-5-6-12(20-11)14(18)19/h2-4,7,11-12H,5-6H2,1H3,(H,18,19)/t11-,12+/m0/s1. The zero-order valence-corrected chi connectivity index (χ0v) is 10.9. The lowest BCUT2D eigenvalue weighted by Crippen LogP contribution is -2.37. The number of hydrogen-bond acceptors (Lipinski definition) is 4. The predicted molar refractivity (Wildman–Crippen MR) is 70.1 cm³/mol. The number of amides is 1. The van der Waals surface area contributed by atoms with E-state index in [9.17, 15) is 9.59 Å². The summed E-state index contributed by atoms with van der Waals surface area (Å²) in [6.07, 6.45) is -0.940. The molecule has 2 rings (SSSR count). The van der Waals surface area contributed by atoms with Crippen molar-refractivity contribution in [3.05, 3.63) is 29.8 Å². The molecule has 6 nitrogen and oxygen atoms in total. The highest BCUT2D eigenvalue weighted by Crippen LogP contribution is 2.24. The monoisotopic (exact) mass is 274 g/mol. The van der Waals surface area contributed by atoms with E-state index in [1.165, 1.54) is 4.90 Å². The Kier molecular flexibility index (Phi) is 4.01. The van der Waals surface area contributed by atoms with Crippen molar-refractivity contribution in [2.24, 2.45) is 0 Å². The normalized spacial score (nSPS) is 21.2. The van der Waals surface area contributed by atoms with Crippen molar-refractivity contribution in [2.45, 2.75) is 25.0 Å². The summed E-state index contributed by atoms with van der Waals surface area (Å²) in [7, 11) is 1.58. The quantitative estimate of drug-likeness (QED) is 0.893. The molecule has 0 aromatic heterocycles. The molecule has 20 heavy (non-hydrogen) atoms. The van der Waals surface area contributed by atoms with Crippen LogP contribution in [0.1, 0.15) is 18.4 Å². The number of carbonyl (C=O) groups is 2. The number of rotatable bonds is 3. The number of ether oxygens (including phenoxy) is 1. The van der Waals surface area contributed by atoms with Gasteiger partial charge in [0.15, 0.2) is 6.10 Å². The molecular formula is C14H14N2O4. The van der Waals surface area contributed by atoms with Crippen molar-refractivity contribution in [3.8, 4) is 6.07 Å². The van der Waals surface area contributed by atoms with Gasteiger partial charge in [0.25, 0.3) is 5.91 Å². The first-order valence-corrected chi connectivity index (χ1v) is 6.19. The topological polar surface area (TPSA) is 90.6 Å². The molecule has 1 saturated heterocycles. The fraction of sp³-hybridized carbons (Fsp3) is 0.357. The smallest absolute Gasteiger partial charge is 0.332 e. The van der Waals surface area contributed by atoms with E-state index in [-0.39, 0.29) is 5.91 Å². The van der Waals surface area contributed by atoms with Gasteiger partial charge < -0.3 is 14.7 Å². The first-order valence-electron chi connectivity index (χ1n) is 6.19. The lowest BCUT2D eigenvalue weighted by atomic mass is 10.1. The zero-order chi connectivity index (χ0) is 14.7. The second kappa shape index (κ2) is 5.72. The molecule has 1 aromatic rings. The second-order valence-electron chi connectivity index (χ2n) is 4.59. The van der Waals surface area contributed by atoms with Crippen LogP contribution in [0.15, 0.2) is 24.3 Å². The first kappa shape index (κ1) is 14.0. The van der Waals surface area contributed by atoms with E-state index < -0.39 is 18.2 Å². The molecule has 0 unspecified atom stereocenters. The summed E-state index contributed by atoms with van der Waals surface area (Å²) in [5.41, 5.74) is 1.04. The summed E-state index contributed by atoms with van der Waals surface area (Å²) in [5.74, 6) is -1.35. The minimum absolute atomic E-state index is 0.302. The van der Waals surface area contributed by atoms with Crippen LogP contribution in [0.2, 0.25) is 0 Å². The van der Waals surface area contributed by atoms with Gasteiger partial charge in [-0.05, 0) is 31.0 Å². The van der Waals surface area contributed by atoms with E-state index in [0.717, 1.165) is 0 Å². The number of anilines is 1. The summed E-state index contributed by atoms with van der Waals surface area (Å²) >= 11 is 0. The summed E-state index contributed by atoms with van der Waals surface area (Å²) in [6.45, 7) is 0. The van der Waals surface area contributed by atoms with E-state index in [2.05, 4.69) is 0 Å². The first-order chi connectivity index (χ1) is 9.52. The van der Waals surface area contributed by atoms with Crippen molar-refractivity contribution in [2.75, 3.05) is 11.9 Å². The third-order valence-corrected chi connectivity index (χ3v) is 3.26. The summed E-state index contributed by atoms with van der Waals surface area (Å²) in [6, 6.07) is 8.65. The average molecular weight is 274 g/mol. The lowest BCUT2D eigenvalue weighted by Gasteiger charge is -2.21. The Morgan fingerprint density at radius 1 is 1.40 bits per heavy atom. The van der Waals surface area contributed by atoms with Crippen molar-refractivity contribution >= 4 is 17.6 Å². The van der Waals surface area contributed by atoms with Crippen LogP contribution in [0.3, 0.4) is 0 Å². The van der Waals surface area contributed by atoms with E-state index in [1.807, 2.05) is 6.07 Å². The molecule has 0 bridgehead atoms. The Labute approximate surface area is 116 Å². The van der Waals surface area contributed by atoms with Crippen molar-refractivity contribution < 1.29 is 19.4 Å². The Morgan fingerprint density at radius 2 is 2.10 bits per heavy atom. The van der Waals surface area contributed by atoms with Crippen LogP contribution < -0.4 is 4.90 Å². The minimum Gasteiger partial charge on any atom is -0.479 e. The molecule has 6 heteroatoms. The van der Waals surface area contributed by atoms with Gasteiger partial charge in [0, 0.05) is 12.7 Å². The molecule has 1 fully saturated rings. The highest BCUT2D eigenvalue weighted by Gasteiger charge is 2.36. The van der Waals surface area contributed by atoms with Gasteiger partial charge in [-0.15, -0.1) is 0 Å². The molecule has 0 aliphatic carbocycles. The number of carboxylic acids is 1. The second-order valence-corrected chi connectivity index (χ2v) is 4.59. The predicted octanol–water partition coefficient (Wildman–Crippen LogP) is 1.15. The maximum absolute atomic E-state index is 12.2. The number of nitrogens with zero attached hydrogens (tertiary/aromatic N) is 2. The minimum atomic E-state index is -1.05. The fourth-order valence-corrected chi connectivity index (χ4v) is 2.13. The largest absolute Gasteiger partial charge is 0.479 e. The van der Waals surface area contributed by atoms with Gasteiger partial charge in [0.1, 0.15) is 6.10 Å². The Balaban J connectivity index is 2.09. The van der Waals surface area contributed by atoms with Gasteiger partial charge in [-0.3, -0.25) is 4.79 Å². The van der Waals surface area contributed by atoms with Crippen LogP contribution in [-0.2, 0) is 14.3 Å². The van der Waals surface area contributed by atoms with Crippen molar-refractivity contribution in [3.63, 3.8) is 0 Å². The maximum Gasteiger partial charge on any atom is 0.332 e. The van der Waals surface area contributed by atoms with Crippen molar-refractivity contribution in [1.29, 1.82) is 5.26 Å². The Bertz CT molecular complexity index is 579. The number of benzene rings is 1. The number of likely N-dealkylation sites (N-methyl/N-ethyl adjacent to an activating group) is 1. The van der Waals surface area contributed by atoms with Crippen LogP contribution in [0, 0.1) is 11.3 Å². The molecule has 104 valence electrons. The van der Waals surface area contributed by atoms with E-state index >= 15 is 0 Å². The zero-order valence-electron chi connectivity index (χ0n) is 10.9. The van der Waals surface area contributed by atoms with E-state index in [4.69, 9.17) is 15.1 Å². The molecule has 1 aromatic carbocycles. The van der Waals surface area contributed by atoms with Gasteiger partial charge >= 0.3 is 5.97 Å². The number of hydrogen-bond donors (Lipinski definition) is 1. The van der Waals surface area contributed by atoms with Crippen LogP contribution in [-0.4, -0.2) is 36.2 Å².